The van der Waals surface area contributed by atoms with Crippen LogP contribution in [0.5, 0.6) is 0 Å². The third-order valence-electron chi connectivity index (χ3n) is 4.84. The van der Waals surface area contributed by atoms with Gasteiger partial charge in [0, 0.05) is 20.5 Å². The minimum Gasteiger partial charge on any atom is -0.0836 e. The molecule has 0 heterocycles. The van der Waals surface area contributed by atoms with E-state index >= 15 is 0 Å². The van der Waals surface area contributed by atoms with Gasteiger partial charge in [0.25, 0.3) is 0 Å². The molecule has 23 heavy (non-hydrogen) atoms. The molecule has 4 rings (SSSR count). The Balaban J connectivity index is 2.12. The van der Waals surface area contributed by atoms with Gasteiger partial charge in [-0.1, -0.05) is 89.9 Å². The van der Waals surface area contributed by atoms with Gasteiger partial charge in [0.05, 0.1) is 0 Å². The molecule has 0 spiro atoms. The summed E-state index contributed by atoms with van der Waals surface area (Å²) in [5.41, 5.74) is 7.64. The highest BCUT2D eigenvalue weighted by Gasteiger charge is 2.36. The Bertz CT molecular complexity index is 905. The first-order chi connectivity index (χ1) is 11.0. The highest BCUT2D eigenvalue weighted by molar-refractivity contribution is 9.10. The lowest BCUT2D eigenvalue weighted by atomic mass is 9.82. The van der Waals surface area contributed by atoms with Crippen LogP contribution in [0.1, 0.15) is 25.0 Å². The molecule has 0 aliphatic heterocycles. The van der Waals surface area contributed by atoms with E-state index in [1.807, 2.05) is 18.2 Å². The number of fused-ring (bicyclic) bond motifs is 3. The molecule has 0 aromatic heterocycles. The maximum absolute atomic E-state index is 6.53. The Hall–Kier alpha value is -1.57. The lowest BCUT2D eigenvalue weighted by molar-refractivity contribution is 0.660. The Kier molecular flexibility index (Phi) is 3.40. The molecule has 0 saturated carbocycles. The molecule has 1 aliphatic carbocycles. The maximum atomic E-state index is 6.53. The Morgan fingerprint density at radius 3 is 2.17 bits per heavy atom. The third kappa shape index (κ3) is 2.10. The quantitative estimate of drug-likeness (QED) is 0.421. The maximum Gasteiger partial charge on any atom is 0.0495 e. The monoisotopic (exact) mass is 382 g/mol. The van der Waals surface area contributed by atoms with E-state index in [9.17, 15) is 0 Å². The van der Waals surface area contributed by atoms with Crippen molar-refractivity contribution in [1.82, 2.24) is 0 Å². The second-order valence-electron chi connectivity index (χ2n) is 6.50. The van der Waals surface area contributed by atoms with Gasteiger partial charge >= 0.3 is 0 Å². The van der Waals surface area contributed by atoms with Gasteiger partial charge in [0.1, 0.15) is 0 Å². The second-order valence-corrected chi connectivity index (χ2v) is 7.76. The van der Waals surface area contributed by atoms with Crippen LogP contribution in [0.3, 0.4) is 0 Å². The Morgan fingerprint density at radius 2 is 1.39 bits per heavy atom. The van der Waals surface area contributed by atoms with Crippen LogP contribution in [0, 0.1) is 0 Å². The van der Waals surface area contributed by atoms with Crippen molar-refractivity contribution in [2.75, 3.05) is 0 Å². The lowest BCUT2D eigenvalue weighted by Gasteiger charge is -2.21. The van der Waals surface area contributed by atoms with Crippen molar-refractivity contribution in [2.24, 2.45) is 0 Å². The summed E-state index contributed by atoms with van der Waals surface area (Å²) in [6.45, 7) is 4.59. The Morgan fingerprint density at radius 1 is 0.739 bits per heavy atom. The number of benzene rings is 3. The summed E-state index contributed by atoms with van der Waals surface area (Å²) in [6.07, 6.45) is 0. The van der Waals surface area contributed by atoms with Crippen LogP contribution in [0.25, 0.3) is 22.3 Å². The summed E-state index contributed by atoms with van der Waals surface area (Å²) in [7, 11) is 0. The average Bonchev–Trinajstić information content (AvgIpc) is 2.77. The van der Waals surface area contributed by atoms with Gasteiger partial charge < -0.3 is 0 Å². The predicted octanol–water partition coefficient (Wildman–Crippen LogP) is 7.08. The highest BCUT2D eigenvalue weighted by Crippen LogP contribution is 2.53. The smallest absolute Gasteiger partial charge is 0.0495 e. The van der Waals surface area contributed by atoms with Crippen molar-refractivity contribution in [2.45, 2.75) is 19.3 Å². The highest BCUT2D eigenvalue weighted by atomic mass is 79.9. The fourth-order valence-corrected chi connectivity index (χ4v) is 4.69. The molecule has 3 aromatic rings. The summed E-state index contributed by atoms with van der Waals surface area (Å²) in [4.78, 5) is 0. The first kappa shape index (κ1) is 15.0. The molecule has 0 unspecified atom stereocenters. The van der Waals surface area contributed by atoms with E-state index in [0.29, 0.717) is 0 Å². The van der Waals surface area contributed by atoms with Crippen LogP contribution in [0.2, 0.25) is 5.02 Å². The van der Waals surface area contributed by atoms with Crippen molar-refractivity contribution in [1.29, 1.82) is 0 Å². The van der Waals surface area contributed by atoms with Crippen LogP contribution in [-0.2, 0) is 5.41 Å². The summed E-state index contributed by atoms with van der Waals surface area (Å²) in [6, 6.07) is 21.2. The third-order valence-corrected chi connectivity index (χ3v) is 5.82. The van der Waals surface area contributed by atoms with E-state index in [1.165, 1.54) is 27.8 Å². The summed E-state index contributed by atoms with van der Waals surface area (Å²) >= 11 is 10.2. The zero-order valence-corrected chi connectivity index (χ0v) is 15.4. The van der Waals surface area contributed by atoms with Gasteiger partial charge in [-0.25, -0.2) is 0 Å². The molecular weight excluding hydrogens is 368 g/mol. The van der Waals surface area contributed by atoms with Gasteiger partial charge in [-0.3, -0.25) is 0 Å². The summed E-state index contributed by atoms with van der Waals surface area (Å²) < 4.78 is 1.03. The first-order valence-electron chi connectivity index (χ1n) is 7.69. The van der Waals surface area contributed by atoms with Gasteiger partial charge in [-0.05, 0) is 39.9 Å². The molecule has 0 radical (unpaired) electrons. The standard InChI is InChI=1S/C21H16BrCl/c1-21(2)15-9-4-3-7-13(15)19-14(8-5-10-16(19)21)20-17(22)11-6-12-18(20)23/h3-12H,1-2H3. The van der Waals surface area contributed by atoms with Gasteiger partial charge in [0.2, 0.25) is 0 Å². The fraction of sp³-hybridized carbons (Fsp3) is 0.143. The van der Waals surface area contributed by atoms with Gasteiger partial charge in [0.15, 0.2) is 0 Å². The SMILES string of the molecule is CC1(C)c2ccccc2-c2c(-c3c(Cl)cccc3Br)cccc21. The predicted molar refractivity (Wildman–Crippen MR) is 102 cm³/mol. The molecule has 0 N–H and O–H groups in total. The molecule has 2 heteroatoms. The molecule has 0 fully saturated rings. The fourth-order valence-electron chi connectivity index (χ4n) is 3.72. The van der Waals surface area contributed by atoms with Crippen molar-refractivity contribution >= 4 is 27.5 Å². The largest absolute Gasteiger partial charge is 0.0836 e. The van der Waals surface area contributed by atoms with Crippen LogP contribution >= 0.6 is 27.5 Å². The molecule has 0 atom stereocenters. The van der Waals surface area contributed by atoms with E-state index in [4.69, 9.17) is 11.6 Å². The van der Waals surface area contributed by atoms with E-state index in [0.717, 1.165) is 15.1 Å². The van der Waals surface area contributed by atoms with Crippen LogP contribution in [-0.4, -0.2) is 0 Å². The minimum atomic E-state index is 0.00959. The molecule has 0 nitrogen and oxygen atoms in total. The topological polar surface area (TPSA) is 0 Å². The average molecular weight is 384 g/mol. The molecule has 1 aliphatic rings. The number of hydrogen-bond acceptors (Lipinski definition) is 0. The molecule has 0 amide bonds. The van der Waals surface area contributed by atoms with Gasteiger partial charge in [-0.15, -0.1) is 0 Å². The van der Waals surface area contributed by atoms with Crippen molar-refractivity contribution in [3.8, 4) is 22.3 Å². The van der Waals surface area contributed by atoms with Crippen molar-refractivity contribution in [3.63, 3.8) is 0 Å². The molecular formula is C21H16BrCl. The van der Waals surface area contributed by atoms with Crippen molar-refractivity contribution in [3.05, 3.63) is 81.3 Å². The van der Waals surface area contributed by atoms with Crippen molar-refractivity contribution < 1.29 is 0 Å². The zero-order valence-electron chi connectivity index (χ0n) is 13.0. The van der Waals surface area contributed by atoms with E-state index in [2.05, 4.69) is 72.2 Å². The summed E-state index contributed by atoms with van der Waals surface area (Å²) in [5, 5.41) is 0.773. The van der Waals surface area contributed by atoms with Crippen LogP contribution < -0.4 is 0 Å². The lowest BCUT2D eigenvalue weighted by Crippen LogP contribution is -2.14. The number of halogens is 2. The molecule has 114 valence electrons. The van der Waals surface area contributed by atoms with Crippen LogP contribution in [0.4, 0.5) is 0 Å². The molecule has 3 aromatic carbocycles. The number of hydrogen-bond donors (Lipinski definition) is 0. The Labute approximate surface area is 150 Å². The van der Waals surface area contributed by atoms with E-state index in [1.54, 1.807) is 0 Å². The van der Waals surface area contributed by atoms with Crippen LogP contribution in [0.15, 0.2) is 65.1 Å². The van der Waals surface area contributed by atoms with E-state index < -0.39 is 0 Å². The number of rotatable bonds is 1. The summed E-state index contributed by atoms with van der Waals surface area (Å²) in [5.74, 6) is 0. The van der Waals surface area contributed by atoms with Gasteiger partial charge in [-0.2, -0.15) is 0 Å². The molecule has 0 bridgehead atoms. The zero-order chi connectivity index (χ0) is 16.2. The second kappa shape index (κ2) is 5.22. The van der Waals surface area contributed by atoms with E-state index in [-0.39, 0.29) is 5.41 Å². The first-order valence-corrected chi connectivity index (χ1v) is 8.86. The minimum absolute atomic E-state index is 0.00959. The molecule has 0 saturated heterocycles. The normalized spacial score (nSPS) is 14.4.